The Balaban J connectivity index is 4.56. The fourth-order valence-corrected chi connectivity index (χ4v) is 1.79. The van der Waals surface area contributed by atoms with Crippen LogP contribution in [0.1, 0.15) is 0 Å². The molecule has 0 aliphatic rings. The molecule has 0 rings (SSSR count). The second-order valence-electron chi connectivity index (χ2n) is 1.92. The van der Waals surface area contributed by atoms with Crippen molar-refractivity contribution in [1.29, 1.82) is 0 Å². The summed E-state index contributed by atoms with van der Waals surface area (Å²) >= 11 is -6.12. The van der Waals surface area contributed by atoms with Gasteiger partial charge in [-0.3, -0.25) is 0 Å². The summed E-state index contributed by atoms with van der Waals surface area (Å²) in [6.07, 6.45) is -5.47. The molecule has 0 aliphatic carbocycles. The molecule has 92 valence electrons. The predicted molar refractivity (Wildman–Crippen MR) is 28.1 cm³/mol. The Morgan fingerprint density at radius 1 is 0.733 bits per heavy atom. The van der Waals surface area contributed by atoms with Crippen molar-refractivity contribution in [2.75, 3.05) is 0 Å². The average molecular weight is 313 g/mol. The van der Waals surface area contributed by atoms with E-state index in [2.05, 4.69) is 3.83 Å². The van der Waals surface area contributed by atoms with E-state index >= 15 is 0 Å². The van der Waals surface area contributed by atoms with Crippen LogP contribution < -0.4 is 5.48 Å². The third kappa shape index (κ3) is 6.10. The number of rotatable bonds is 2. The van der Waals surface area contributed by atoms with Crippen LogP contribution in [0.15, 0.2) is 0 Å². The molecule has 0 aromatic carbocycles. The molecule has 0 amide bonds. The summed E-state index contributed by atoms with van der Waals surface area (Å²) in [5.74, 6) is 0. The van der Waals surface area contributed by atoms with Gasteiger partial charge in [-0.05, 0) is 0 Å². The van der Waals surface area contributed by atoms with E-state index in [1.165, 1.54) is 0 Å². The van der Waals surface area contributed by atoms with Crippen molar-refractivity contribution in [2.24, 2.45) is 0 Å². The maximum atomic E-state index is 11.6. The minimum absolute atomic E-state index is 0.240. The standard InChI is InChI=1S/C3HAsF9NO/c5-1(6,7)4(2(8,9)10)15-14-3(11,12)13/h14H. The van der Waals surface area contributed by atoms with Crippen LogP contribution in [0.2, 0.25) is 0 Å². The summed E-state index contributed by atoms with van der Waals surface area (Å²) in [4.78, 5) is -11.7. The number of hydrogen-bond donors (Lipinski definition) is 1. The zero-order valence-electron chi connectivity index (χ0n) is 6.26. The van der Waals surface area contributed by atoms with Crippen LogP contribution in [0, 0.1) is 0 Å². The van der Waals surface area contributed by atoms with Gasteiger partial charge >= 0.3 is 80.0 Å². The van der Waals surface area contributed by atoms with E-state index in [0.29, 0.717) is 0 Å². The Morgan fingerprint density at radius 3 is 1.27 bits per heavy atom. The van der Waals surface area contributed by atoms with Crippen LogP contribution in [-0.2, 0) is 3.83 Å². The molecule has 0 heterocycles. The molecule has 12 heteroatoms. The van der Waals surface area contributed by atoms with Gasteiger partial charge < -0.3 is 0 Å². The zero-order chi connectivity index (χ0) is 12.5. The molecular weight excluding hydrogens is 312 g/mol. The molecule has 0 aliphatic heterocycles. The summed E-state index contributed by atoms with van der Waals surface area (Å²) < 4.78 is 106. The van der Waals surface area contributed by atoms with Crippen LogP contribution >= 0.6 is 0 Å². The Morgan fingerprint density at radius 2 is 1.07 bits per heavy atom. The van der Waals surface area contributed by atoms with E-state index in [1.54, 1.807) is 0 Å². The molecular formula is C3HAsF9NO. The Kier molecular flexibility index (Phi) is 4.33. The van der Waals surface area contributed by atoms with Crippen LogP contribution in [0.4, 0.5) is 39.5 Å². The first-order valence-corrected chi connectivity index (χ1v) is 5.43. The third-order valence-corrected chi connectivity index (χ3v) is 3.22. The van der Waals surface area contributed by atoms with Gasteiger partial charge in [0, 0.05) is 0 Å². The molecule has 0 atom stereocenters. The van der Waals surface area contributed by atoms with E-state index in [4.69, 9.17) is 0 Å². The molecule has 0 fully saturated rings. The van der Waals surface area contributed by atoms with Crippen molar-refractivity contribution in [2.45, 2.75) is 16.2 Å². The average Bonchev–Trinajstić information content (AvgIpc) is 1.75. The van der Waals surface area contributed by atoms with E-state index in [0.717, 1.165) is 0 Å². The SMILES string of the molecule is FC(F)(F)NO[As](C(F)(F)F)C(F)(F)F. The summed E-state index contributed by atoms with van der Waals surface area (Å²) in [5, 5.41) is 0. The molecule has 1 N–H and O–H groups in total. The van der Waals surface area contributed by atoms with E-state index < -0.39 is 31.2 Å². The molecule has 0 saturated heterocycles. The first-order chi connectivity index (χ1) is 6.34. The number of alkyl halides is 9. The van der Waals surface area contributed by atoms with Gasteiger partial charge in [0.05, 0.1) is 0 Å². The quantitative estimate of drug-likeness (QED) is 0.365. The molecule has 0 spiro atoms. The van der Waals surface area contributed by atoms with Crippen molar-refractivity contribution in [1.82, 2.24) is 5.48 Å². The van der Waals surface area contributed by atoms with Crippen LogP contribution in [0.25, 0.3) is 0 Å². The van der Waals surface area contributed by atoms with Crippen molar-refractivity contribution >= 4 is 15.0 Å². The van der Waals surface area contributed by atoms with Gasteiger partial charge in [0.15, 0.2) is 0 Å². The van der Waals surface area contributed by atoms with Crippen molar-refractivity contribution in [3.05, 3.63) is 0 Å². The van der Waals surface area contributed by atoms with Crippen molar-refractivity contribution in [3.8, 4) is 0 Å². The van der Waals surface area contributed by atoms with Gasteiger partial charge in [-0.15, -0.1) is 0 Å². The second kappa shape index (κ2) is 4.38. The second-order valence-corrected chi connectivity index (χ2v) is 5.67. The summed E-state index contributed by atoms with van der Waals surface area (Å²) in [7, 11) is 0. The van der Waals surface area contributed by atoms with Crippen LogP contribution in [0.5, 0.6) is 0 Å². The number of halogens is 9. The first-order valence-electron chi connectivity index (χ1n) is 2.78. The van der Waals surface area contributed by atoms with Crippen LogP contribution in [-0.4, -0.2) is 31.2 Å². The molecule has 0 unspecified atom stereocenters. The molecule has 0 aromatic heterocycles. The normalized spacial score (nSPS) is 14.8. The van der Waals surface area contributed by atoms with Gasteiger partial charge in [0.1, 0.15) is 0 Å². The number of hydrogen-bond acceptors (Lipinski definition) is 2. The molecule has 0 radical (unpaired) electrons. The molecule has 0 aromatic rings. The van der Waals surface area contributed by atoms with Crippen molar-refractivity contribution in [3.63, 3.8) is 0 Å². The fraction of sp³-hybridized carbons (Fsp3) is 1.00. The summed E-state index contributed by atoms with van der Waals surface area (Å²) in [6, 6.07) is 0. The van der Waals surface area contributed by atoms with Gasteiger partial charge in [-0.25, -0.2) is 0 Å². The molecule has 2 nitrogen and oxygen atoms in total. The molecule has 0 bridgehead atoms. The topological polar surface area (TPSA) is 21.3 Å². The van der Waals surface area contributed by atoms with Gasteiger partial charge in [-0.2, -0.15) is 0 Å². The molecule has 15 heavy (non-hydrogen) atoms. The Labute approximate surface area is 80.9 Å². The summed E-state index contributed by atoms with van der Waals surface area (Å²) in [5.41, 5.74) is -0.240. The van der Waals surface area contributed by atoms with Gasteiger partial charge in [0.25, 0.3) is 0 Å². The predicted octanol–water partition coefficient (Wildman–Crippen LogP) is 2.22. The Bertz CT molecular complexity index is 191. The molecule has 0 saturated carbocycles. The maximum absolute atomic E-state index is 11.6. The number of hydroxylamine groups is 1. The summed E-state index contributed by atoms with van der Waals surface area (Å²) in [6.45, 7) is 0. The monoisotopic (exact) mass is 313 g/mol. The van der Waals surface area contributed by atoms with E-state index in [-0.39, 0.29) is 5.48 Å². The van der Waals surface area contributed by atoms with E-state index in [9.17, 15) is 39.5 Å². The van der Waals surface area contributed by atoms with E-state index in [1.807, 2.05) is 0 Å². The van der Waals surface area contributed by atoms with Gasteiger partial charge in [0.2, 0.25) is 0 Å². The minimum atomic E-state index is -6.12. The zero-order valence-corrected chi connectivity index (χ0v) is 8.13. The number of nitrogens with one attached hydrogen (secondary N) is 1. The third-order valence-electron chi connectivity index (χ3n) is 0.713. The fourth-order valence-electron chi connectivity index (χ4n) is 0.345. The van der Waals surface area contributed by atoms with Crippen molar-refractivity contribution < 1.29 is 43.3 Å². The Hall–Kier alpha value is -0.152. The first kappa shape index (κ1) is 14.8. The van der Waals surface area contributed by atoms with Crippen LogP contribution in [0.3, 0.4) is 0 Å². The van der Waals surface area contributed by atoms with Gasteiger partial charge in [-0.1, -0.05) is 0 Å².